The summed E-state index contributed by atoms with van der Waals surface area (Å²) in [5.74, 6) is 0. The number of rotatable bonds is 6. The van der Waals surface area contributed by atoms with E-state index in [1.165, 1.54) is 36.4 Å². The van der Waals surface area contributed by atoms with Crippen molar-refractivity contribution in [2.75, 3.05) is 11.5 Å². The summed E-state index contributed by atoms with van der Waals surface area (Å²) < 4.78 is 32.4. The van der Waals surface area contributed by atoms with Crippen LogP contribution in [0.25, 0.3) is 0 Å². The van der Waals surface area contributed by atoms with Gasteiger partial charge in [-0.1, -0.05) is 24.3 Å². The first-order valence-electron chi connectivity index (χ1n) is 6.45. The largest absolute Gasteiger partial charge is 0.509 e. The minimum Gasteiger partial charge on any atom is -0.422 e. The second-order valence-corrected chi connectivity index (χ2v) is 5.85. The van der Waals surface area contributed by atoms with E-state index in [-0.39, 0.29) is 10.9 Å². The van der Waals surface area contributed by atoms with Crippen molar-refractivity contribution < 1.29 is 26.7 Å². The van der Waals surface area contributed by atoms with Gasteiger partial charge in [0, 0.05) is 11.4 Å². The average molecular weight is 336 g/mol. The molecule has 0 aliphatic heterocycles. The summed E-state index contributed by atoms with van der Waals surface area (Å²) >= 11 is 0. The zero-order valence-corrected chi connectivity index (χ0v) is 12.7. The molecule has 0 radical (unpaired) electrons. The molecule has 2 aromatic carbocycles. The van der Waals surface area contributed by atoms with E-state index in [2.05, 4.69) is 8.20 Å². The topological polar surface area (TPSA) is 145 Å². The number of nitrogens with two attached hydrogens (primary N) is 2. The lowest BCUT2D eigenvalue weighted by atomic mass is 9.80. The van der Waals surface area contributed by atoms with Crippen molar-refractivity contribution in [1.29, 1.82) is 0 Å². The Labute approximate surface area is 134 Å². The van der Waals surface area contributed by atoms with Gasteiger partial charge in [0.15, 0.2) is 0 Å². The van der Waals surface area contributed by atoms with Crippen LogP contribution in [0.4, 0.5) is 11.4 Å². The number of hydrogen-bond donors (Lipinski definition) is 4. The van der Waals surface area contributed by atoms with E-state index in [1.54, 1.807) is 12.1 Å². The number of nitrogen functional groups attached to an aromatic ring is 2. The van der Waals surface area contributed by atoms with Gasteiger partial charge in [-0.3, -0.25) is 8.20 Å². The zero-order valence-electron chi connectivity index (χ0n) is 11.9. The Morgan fingerprint density at radius 3 is 1.57 bits per heavy atom. The van der Waals surface area contributed by atoms with Gasteiger partial charge in [0.2, 0.25) is 0 Å². The molecule has 2 aromatic rings. The molecule has 0 aromatic heterocycles. The van der Waals surface area contributed by atoms with Gasteiger partial charge < -0.3 is 21.5 Å². The Morgan fingerprint density at radius 1 is 0.826 bits per heavy atom. The van der Waals surface area contributed by atoms with Crippen molar-refractivity contribution in [3.05, 3.63) is 48.5 Å². The maximum atomic E-state index is 11.7. The van der Waals surface area contributed by atoms with E-state index in [1.807, 2.05) is 0 Å². The lowest BCUT2D eigenvalue weighted by Gasteiger charge is -2.12. The summed E-state index contributed by atoms with van der Waals surface area (Å²) in [4.78, 5) is 0. The highest BCUT2D eigenvalue weighted by atomic mass is 32.3. The molecule has 8 nitrogen and oxygen atoms in total. The van der Waals surface area contributed by atoms with Crippen LogP contribution in [0.15, 0.2) is 48.5 Å². The van der Waals surface area contributed by atoms with Gasteiger partial charge >= 0.3 is 24.6 Å². The van der Waals surface area contributed by atoms with Crippen molar-refractivity contribution in [3.63, 3.8) is 0 Å². The fourth-order valence-corrected chi connectivity index (χ4v) is 2.50. The molecule has 0 amide bonds. The predicted octanol–water partition coefficient (Wildman–Crippen LogP) is -1.80. The van der Waals surface area contributed by atoms with Crippen molar-refractivity contribution >= 4 is 46.9 Å². The summed E-state index contributed by atoms with van der Waals surface area (Å²) in [6.07, 6.45) is 0. The predicted molar refractivity (Wildman–Crippen MR) is 88.0 cm³/mol. The highest BCUT2D eigenvalue weighted by Crippen LogP contribution is 2.05. The lowest BCUT2D eigenvalue weighted by molar-refractivity contribution is 0.340. The molecule has 23 heavy (non-hydrogen) atoms. The van der Waals surface area contributed by atoms with E-state index >= 15 is 0 Å². The molecule has 0 bridgehead atoms. The summed E-state index contributed by atoms with van der Waals surface area (Å²) in [5, 5.41) is 19.5. The van der Waals surface area contributed by atoms with Crippen LogP contribution in [0.3, 0.4) is 0 Å². The second-order valence-electron chi connectivity index (χ2n) is 4.65. The van der Waals surface area contributed by atoms with Gasteiger partial charge in [0.05, 0.1) is 0 Å². The highest BCUT2D eigenvalue weighted by molar-refractivity contribution is 7.83. The van der Waals surface area contributed by atoms with Crippen LogP contribution in [0, 0.1) is 0 Å². The Bertz CT molecular complexity index is 729. The molecule has 0 spiro atoms. The van der Waals surface area contributed by atoms with Crippen molar-refractivity contribution in [2.24, 2.45) is 0 Å². The molecule has 11 heteroatoms. The Morgan fingerprint density at radius 2 is 1.22 bits per heavy atom. The van der Waals surface area contributed by atoms with Gasteiger partial charge in [-0.2, -0.15) is 8.42 Å². The van der Waals surface area contributed by atoms with Crippen LogP contribution in [-0.2, 0) is 18.6 Å². The smallest absolute Gasteiger partial charge is 0.422 e. The number of benzene rings is 2. The highest BCUT2D eigenvalue weighted by Gasteiger charge is 2.31. The molecule has 2 rings (SSSR count). The minimum atomic E-state index is -4.68. The van der Waals surface area contributed by atoms with Gasteiger partial charge in [0.25, 0.3) is 0 Å². The third-order valence-corrected chi connectivity index (χ3v) is 3.65. The summed E-state index contributed by atoms with van der Waals surface area (Å²) in [6, 6.07) is 11.7. The molecule has 0 saturated heterocycles. The van der Waals surface area contributed by atoms with E-state index < -0.39 is 24.6 Å². The maximum Gasteiger partial charge on any atom is 0.509 e. The molecule has 6 N–H and O–H groups in total. The summed E-state index contributed by atoms with van der Waals surface area (Å²) in [6.45, 7) is 0. The van der Waals surface area contributed by atoms with Crippen LogP contribution < -0.4 is 22.4 Å². The Balaban J connectivity index is 2.07. The molecule has 0 atom stereocenters. The quantitative estimate of drug-likeness (QED) is 0.357. The van der Waals surface area contributed by atoms with Gasteiger partial charge in [0.1, 0.15) is 0 Å². The van der Waals surface area contributed by atoms with Crippen molar-refractivity contribution in [1.82, 2.24) is 0 Å². The summed E-state index contributed by atoms with van der Waals surface area (Å²) in [7, 11) is -8.33. The zero-order chi connectivity index (χ0) is 17.0. The molecule has 0 fully saturated rings. The average Bonchev–Trinajstić information content (AvgIpc) is 2.46. The third kappa shape index (κ3) is 4.98. The van der Waals surface area contributed by atoms with Crippen LogP contribution in [-0.4, -0.2) is 32.7 Å². The van der Waals surface area contributed by atoms with Gasteiger partial charge in [-0.15, -0.1) is 0 Å². The first-order chi connectivity index (χ1) is 10.8. The molecule has 0 unspecified atom stereocenters. The minimum absolute atomic E-state index is 0.121. The third-order valence-electron chi connectivity index (χ3n) is 2.81. The maximum absolute atomic E-state index is 11.7. The molecule has 0 saturated carbocycles. The molecule has 120 valence electrons. The molecule has 0 heterocycles. The van der Waals surface area contributed by atoms with E-state index in [9.17, 15) is 18.5 Å². The van der Waals surface area contributed by atoms with Crippen molar-refractivity contribution in [2.45, 2.75) is 0 Å². The van der Waals surface area contributed by atoms with E-state index in [4.69, 9.17) is 11.5 Å². The van der Waals surface area contributed by atoms with Crippen molar-refractivity contribution in [3.8, 4) is 0 Å². The number of anilines is 2. The standard InChI is InChI=1S/C12H14B2N2O6S/c15-11-5-1-3-9(7-11)13(17)21-23(19,20)22-14(18)10-4-2-6-12(16)8-10/h1-8,17-18H,15-16H2. The monoisotopic (exact) mass is 336 g/mol. The lowest BCUT2D eigenvalue weighted by Crippen LogP contribution is -2.41. The Hall–Kier alpha value is -2.04. The van der Waals surface area contributed by atoms with E-state index in [0.717, 1.165) is 0 Å². The van der Waals surface area contributed by atoms with E-state index in [0.29, 0.717) is 11.4 Å². The molecular weight excluding hydrogens is 322 g/mol. The fraction of sp³-hybridized carbons (Fsp3) is 0. The van der Waals surface area contributed by atoms with Crippen LogP contribution in [0.2, 0.25) is 0 Å². The Kier molecular flexibility index (Phi) is 5.29. The first kappa shape index (κ1) is 17.3. The first-order valence-corrected chi connectivity index (χ1v) is 7.79. The second kappa shape index (κ2) is 7.02. The van der Waals surface area contributed by atoms with Gasteiger partial charge in [-0.25, -0.2) is 0 Å². The SMILES string of the molecule is Nc1cccc(B(O)OS(=O)(=O)OB(O)c2cccc(N)c2)c1. The fourth-order valence-electron chi connectivity index (χ4n) is 1.78. The normalized spacial score (nSPS) is 11.2. The van der Waals surface area contributed by atoms with Crippen LogP contribution in [0.5, 0.6) is 0 Å². The van der Waals surface area contributed by atoms with Crippen LogP contribution >= 0.6 is 0 Å². The number of hydrogen-bond acceptors (Lipinski definition) is 8. The molecule has 0 aliphatic carbocycles. The molecule has 0 aliphatic rings. The van der Waals surface area contributed by atoms with Crippen LogP contribution in [0.1, 0.15) is 0 Å². The molecular formula is C12H14B2N2O6S. The van der Waals surface area contributed by atoms with Gasteiger partial charge in [-0.05, 0) is 35.2 Å². The summed E-state index contributed by atoms with van der Waals surface area (Å²) in [5.41, 5.74) is 12.0.